The molecule has 1 fully saturated rings. The molecule has 12 heteroatoms. The SMILES string of the molecule is CC(C)(C)OC(=O)N(Cc1cc(F)c(Nc2[nH]c(=O)ccc2C(=O)c2ccc(F)cc2)c(F)c1)c1c(CCC(=O)O)cccc1C1CCCC1. The zero-order valence-electron chi connectivity index (χ0n) is 27.9. The second-order valence-electron chi connectivity index (χ2n) is 13.3. The number of rotatable bonds is 11. The van der Waals surface area contributed by atoms with Crippen molar-refractivity contribution < 1.29 is 37.4 Å². The number of pyridine rings is 1. The van der Waals surface area contributed by atoms with Gasteiger partial charge in [0.2, 0.25) is 5.56 Å². The van der Waals surface area contributed by atoms with Crippen LogP contribution < -0.4 is 15.8 Å². The number of ketones is 1. The number of para-hydroxylation sites is 1. The van der Waals surface area contributed by atoms with Gasteiger partial charge in [0.05, 0.1) is 17.8 Å². The van der Waals surface area contributed by atoms with Gasteiger partial charge in [-0.25, -0.2) is 18.0 Å². The number of halogens is 3. The van der Waals surface area contributed by atoms with Crippen LogP contribution in [0.25, 0.3) is 0 Å². The highest BCUT2D eigenvalue weighted by Gasteiger charge is 2.31. The van der Waals surface area contributed by atoms with Gasteiger partial charge in [0, 0.05) is 18.1 Å². The highest BCUT2D eigenvalue weighted by atomic mass is 19.1. The maximum atomic E-state index is 15.8. The Morgan fingerprint density at radius 2 is 1.62 bits per heavy atom. The van der Waals surface area contributed by atoms with Crippen molar-refractivity contribution in [3.05, 3.63) is 122 Å². The molecule has 50 heavy (non-hydrogen) atoms. The minimum Gasteiger partial charge on any atom is -0.481 e. The Morgan fingerprint density at radius 1 is 0.960 bits per heavy atom. The summed E-state index contributed by atoms with van der Waals surface area (Å²) in [6.45, 7) is 4.77. The number of carboxylic acid groups (broad SMARTS) is 1. The van der Waals surface area contributed by atoms with Crippen LogP contribution in [0, 0.1) is 17.5 Å². The molecule has 4 aromatic rings. The van der Waals surface area contributed by atoms with E-state index >= 15 is 8.78 Å². The molecule has 1 amide bonds. The van der Waals surface area contributed by atoms with E-state index in [0.29, 0.717) is 11.3 Å². The van der Waals surface area contributed by atoms with E-state index in [9.17, 15) is 28.7 Å². The topological polar surface area (TPSA) is 129 Å². The van der Waals surface area contributed by atoms with Crippen LogP contribution >= 0.6 is 0 Å². The second-order valence-corrected chi connectivity index (χ2v) is 13.3. The monoisotopic (exact) mass is 689 g/mol. The minimum atomic E-state index is -1.08. The maximum Gasteiger partial charge on any atom is 0.415 e. The van der Waals surface area contributed by atoms with Gasteiger partial charge in [-0.3, -0.25) is 19.3 Å². The van der Waals surface area contributed by atoms with E-state index in [0.717, 1.165) is 61.6 Å². The third-order valence-corrected chi connectivity index (χ3v) is 8.40. The summed E-state index contributed by atoms with van der Waals surface area (Å²) in [5.74, 6) is -4.54. The van der Waals surface area contributed by atoms with Crippen molar-refractivity contribution in [2.75, 3.05) is 10.2 Å². The fraction of sp³-hybridized carbons (Fsp3) is 0.316. The number of ether oxygens (including phenoxy) is 1. The Bertz CT molecular complexity index is 1940. The number of hydrogen-bond acceptors (Lipinski definition) is 6. The quantitative estimate of drug-likeness (QED) is 0.135. The number of carboxylic acids is 1. The Kier molecular flexibility index (Phi) is 10.8. The smallest absolute Gasteiger partial charge is 0.415 e. The van der Waals surface area contributed by atoms with Crippen LogP contribution in [-0.4, -0.2) is 33.5 Å². The van der Waals surface area contributed by atoms with Gasteiger partial charge < -0.3 is 20.1 Å². The van der Waals surface area contributed by atoms with E-state index < -0.39 is 52.1 Å². The molecule has 0 aliphatic heterocycles. The van der Waals surface area contributed by atoms with Crippen molar-refractivity contribution in [3.63, 3.8) is 0 Å². The molecule has 0 bridgehead atoms. The molecule has 3 aromatic carbocycles. The molecule has 0 atom stereocenters. The number of carbonyl (C=O) groups excluding carboxylic acids is 2. The molecule has 5 rings (SSSR count). The average Bonchev–Trinajstić information content (AvgIpc) is 3.59. The number of aryl methyl sites for hydroxylation is 1. The highest BCUT2D eigenvalue weighted by molar-refractivity contribution is 6.12. The molecule has 1 aliphatic rings. The summed E-state index contributed by atoms with van der Waals surface area (Å²) in [6, 6.07) is 14.5. The number of aliphatic carboxylic acids is 1. The summed E-state index contributed by atoms with van der Waals surface area (Å²) < 4.78 is 50.8. The van der Waals surface area contributed by atoms with E-state index in [-0.39, 0.29) is 47.8 Å². The van der Waals surface area contributed by atoms with Crippen molar-refractivity contribution in [2.45, 2.75) is 77.4 Å². The second kappa shape index (κ2) is 15.0. The van der Waals surface area contributed by atoms with Crippen LogP contribution in [0.3, 0.4) is 0 Å². The van der Waals surface area contributed by atoms with Gasteiger partial charge in [0.1, 0.15) is 34.6 Å². The van der Waals surface area contributed by atoms with Gasteiger partial charge in [-0.2, -0.15) is 0 Å². The molecule has 0 radical (unpaired) electrons. The fourth-order valence-electron chi connectivity index (χ4n) is 6.16. The standard InChI is InChI=1S/C38H38F3N3O6/c1-38(2,3)50-37(49)44(34-24(13-18-32(46)47)9-6-10-27(34)23-7-4-5-8-23)21-22-19-29(40)33(30(41)20-22)43-36-28(16-17-31(45)42-36)35(48)25-11-14-26(39)15-12-25/h6,9-12,14-17,19-20,23H,4-5,7-8,13,18,21H2,1-3H3,(H,46,47)(H2,42,43,45). The van der Waals surface area contributed by atoms with Gasteiger partial charge in [-0.15, -0.1) is 0 Å². The third kappa shape index (κ3) is 8.60. The van der Waals surface area contributed by atoms with Crippen LogP contribution in [0.15, 0.2) is 71.5 Å². The van der Waals surface area contributed by atoms with Crippen molar-refractivity contribution in [3.8, 4) is 0 Å². The lowest BCUT2D eigenvalue weighted by Crippen LogP contribution is -2.38. The first kappa shape index (κ1) is 35.9. The predicted molar refractivity (Wildman–Crippen MR) is 183 cm³/mol. The van der Waals surface area contributed by atoms with Crippen molar-refractivity contribution in [1.29, 1.82) is 0 Å². The van der Waals surface area contributed by atoms with Gasteiger partial charge in [-0.05, 0) is 105 Å². The fourth-order valence-corrected chi connectivity index (χ4v) is 6.16. The predicted octanol–water partition coefficient (Wildman–Crippen LogP) is 8.38. The number of amides is 1. The highest BCUT2D eigenvalue weighted by Crippen LogP contribution is 2.42. The molecule has 3 N–H and O–H groups in total. The van der Waals surface area contributed by atoms with E-state index in [1.165, 1.54) is 23.1 Å². The number of H-pyrrole nitrogens is 1. The summed E-state index contributed by atoms with van der Waals surface area (Å²) >= 11 is 0. The molecule has 0 unspecified atom stereocenters. The van der Waals surface area contributed by atoms with E-state index in [1.54, 1.807) is 26.8 Å². The lowest BCUT2D eigenvalue weighted by atomic mass is 9.91. The van der Waals surface area contributed by atoms with E-state index in [2.05, 4.69) is 10.3 Å². The summed E-state index contributed by atoms with van der Waals surface area (Å²) in [5, 5.41) is 12.0. The molecule has 0 saturated heterocycles. The number of nitrogens with zero attached hydrogens (tertiary/aromatic N) is 1. The first-order valence-corrected chi connectivity index (χ1v) is 16.3. The van der Waals surface area contributed by atoms with Crippen LogP contribution in [-0.2, 0) is 22.5 Å². The van der Waals surface area contributed by atoms with E-state index in [1.807, 2.05) is 12.1 Å². The summed E-state index contributed by atoms with van der Waals surface area (Å²) in [5.41, 5.74) is -0.314. The zero-order chi connectivity index (χ0) is 36.2. The lowest BCUT2D eigenvalue weighted by Gasteiger charge is -2.32. The van der Waals surface area contributed by atoms with Crippen LogP contribution in [0.4, 0.5) is 35.2 Å². The Hall–Kier alpha value is -5.39. The third-order valence-electron chi connectivity index (χ3n) is 8.40. The molecule has 0 spiro atoms. The number of hydrogen-bond donors (Lipinski definition) is 3. The number of carbonyl (C=O) groups is 3. The Morgan fingerprint density at radius 3 is 2.24 bits per heavy atom. The molecular formula is C38H38F3N3O6. The zero-order valence-corrected chi connectivity index (χ0v) is 27.9. The Labute approximate surface area is 287 Å². The van der Waals surface area contributed by atoms with Crippen LogP contribution in [0.1, 0.15) is 91.4 Å². The van der Waals surface area contributed by atoms with Gasteiger partial charge >= 0.3 is 12.1 Å². The van der Waals surface area contributed by atoms with Gasteiger partial charge in [0.25, 0.3) is 0 Å². The summed E-state index contributed by atoms with van der Waals surface area (Å²) in [7, 11) is 0. The van der Waals surface area contributed by atoms with Crippen LogP contribution in [0.2, 0.25) is 0 Å². The molecule has 1 aromatic heterocycles. The van der Waals surface area contributed by atoms with Gasteiger partial charge in [0.15, 0.2) is 5.78 Å². The average molecular weight is 690 g/mol. The van der Waals surface area contributed by atoms with Crippen molar-refractivity contribution in [1.82, 2.24) is 4.98 Å². The number of benzene rings is 3. The number of aromatic amines is 1. The molecule has 1 aliphatic carbocycles. The maximum absolute atomic E-state index is 15.8. The molecular weight excluding hydrogens is 651 g/mol. The summed E-state index contributed by atoms with van der Waals surface area (Å²) in [4.78, 5) is 54.5. The van der Waals surface area contributed by atoms with Crippen molar-refractivity contribution >= 4 is 35.0 Å². The van der Waals surface area contributed by atoms with Crippen LogP contribution in [0.5, 0.6) is 0 Å². The van der Waals surface area contributed by atoms with E-state index in [4.69, 9.17) is 4.74 Å². The first-order chi connectivity index (χ1) is 23.7. The Balaban J connectivity index is 1.54. The summed E-state index contributed by atoms with van der Waals surface area (Å²) in [6.07, 6.45) is 2.87. The molecule has 1 saturated carbocycles. The van der Waals surface area contributed by atoms with Crippen molar-refractivity contribution in [2.24, 2.45) is 0 Å². The number of aromatic nitrogens is 1. The number of nitrogens with one attached hydrogen (secondary N) is 2. The minimum absolute atomic E-state index is 0.0611. The largest absolute Gasteiger partial charge is 0.481 e. The molecule has 262 valence electrons. The lowest BCUT2D eigenvalue weighted by molar-refractivity contribution is -0.136. The molecule has 9 nitrogen and oxygen atoms in total. The molecule has 1 heterocycles. The normalized spacial score (nSPS) is 13.2. The van der Waals surface area contributed by atoms with Gasteiger partial charge in [-0.1, -0.05) is 31.0 Å². The first-order valence-electron chi connectivity index (χ1n) is 16.3. The number of anilines is 3.